The van der Waals surface area contributed by atoms with E-state index in [9.17, 15) is 4.79 Å². The van der Waals surface area contributed by atoms with Gasteiger partial charge in [0.1, 0.15) is 5.69 Å². The zero-order valence-corrected chi connectivity index (χ0v) is 12.8. The zero-order chi connectivity index (χ0) is 15.5. The molecule has 0 aliphatic carbocycles. The number of carbonyl (C=O) groups is 1. The standard InChI is InChI=1S/C16H17ClN2O3/c17-13-3-1-11(2-4-13)15-9-14(22-18-15)10-19-7-5-12(6-8-19)16(20)21/h1-4,9,12H,5-8,10H2,(H,20,21). The molecule has 116 valence electrons. The van der Waals surface area contributed by atoms with Crippen LogP contribution in [-0.4, -0.2) is 34.2 Å². The van der Waals surface area contributed by atoms with Crippen LogP contribution in [0.4, 0.5) is 0 Å². The van der Waals surface area contributed by atoms with E-state index in [1.54, 1.807) is 0 Å². The molecule has 1 fully saturated rings. The van der Waals surface area contributed by atoms with Crippen molar-refractivity contribution in [2.45, 2.75) is 19.4 Å². The highest BCUT2D eigenvalue weighted by molar-refractivity contribution is 6.30. The van der Waals surface area contributed by atoms with Crippen molar-refractivity contribution in [3.05, 3.63) is 41.1 Å². The summed E-state index contributed by atoms with van der Waals surface area (Å²) >= 11 is 5.87. The van der Waals surface area contributed by atoms with Crippen molar-refractivity contribution in [1.29, 1.82) is 0 Å². The lowest BCUT2D eigenvalue weighted by Gasteiger charge is -2.28. The molecule has 2 aromatic rings. The Hall–Kier alpha value is -1.85. The monoisotopic (exact) mass is 320 g/mol. The van der Waals surface area contributed by atoms with E-state index in [1.807, 2.05) is 30.3 Å². The molecule has 0 radical (unpaired) electrons. The molecule has 2 heterocycles. The van der Waals surface area contributed by atoms with E-state index in [0.29, 0.717) is 24.4 Å². The van der Waals surface area contributed by atoms with Gasteiger partial charge in [-0.25, -0.2) is 0 Å². The molecular weight excluding hydrogens is 304 g/mol. The predicted octanol–water partition coefficient (Wildman–Crippen LogP) is 3.29. The first kappa shape index (κ1) is 15.1. The number of piperidine rings is 1. The van der Waals surface area contributed by atoms with Crippen LogP contribution in [0.5, 0.6) is 0 Å². The lowest BCUT2D eigenvalue weighted by molar-refractivity contribution is -0.143. The van der Waals surface area contributed by atoms with Crippen molar-refractivity contribution in [3.63, 3.8) is 0 Å². The Labute approximate surface area is 133 Å². The van der Waals surface area contributed by atoms with Crippen LogP contribution in [-0.2, 0) is 11.3 Å². The Morgan fingerprint density at radius 2 is 2.00 bits per heavy atom. The fourth-order valence-electron chi connectivity index (χ4n) is 2.70. The predicted molar refractivity (Wildman–Crippen MR) is 82.6 cm³/mol. The smallest absolute Gasteiger partial charge is 0.306 e. The van der Waals surface area contributed by atoms with Crippen molar-refractivity contribution < 1.29 is 14.4 Å². The number of halogens is 1. The average Bonchev–Trinajstić information content (AvgIpc) is 2.97. The SMILES string of the molecule is O=C(O)C1CCN(Cc2cc(-c3ccc(Cl)cc3)no2)CC1. The van der Waals surface area contributed by atoms with Crippen LogP contribution in [0.3, 0.4) is 0 Å². The fraction of sp³-hybridized carbons (Fsp3) is 0.375. The van der Waals surface area contributed by atoms with Gasteiger partial charge in [0, 0.05) is 16.7 Å². The van der Waals surface area contributed by atoms with Crippen LogP contribution in [0, 0.1) is 5.92 Å². The number of rotatable bonds is 4. The molecule has 5 nitrogen and oxygen atoms in total. The maximum absolute atomic E-state index is 10.9. The van der Waals surface area contributed by atoms with Crippen molar-refractivity contribution >= 4 is 17.6 Å². The molecule has 0 atom stereocenters. The second-order valence-corrected chi connectivity index (χ2v) is 6.01. The molecule has 1 aliphatic heterocycles. The minimum atomic E-state index is -0.690. The molecule has 1 aromatic carbocycles. The van der Waals surface area contributed by atoms with E-state index in [0.717, 1.165) is 30.1 Å². The number of carboxylic acid groups (broad SMARTS) is 1. The fourth-order valence-corrected chi connectivity index (χ4v) is 2.83. The van der Waals surface area contributed by atoms with Crippen molar-refractivity contribution in [2.24, 2.45) is 5.92 Å². The van der Waals surface area contributed by atoms with Crippen LogP contribution in [0.2, 0.25) is 5.02 Å². The highest BCUT2D eigenvalue weighted by Gasteiger charge is 2.25. The topological polar surface area (TPSA) is 66.6 Å². The summed E-state index contributed by atoms with van der Waals surface area (Å²) in [5, 5.41) is 13.8. The largest absolute Gasteiger partial charge is 0.481 e. The molecule has 0 amide bonds. The third kappa shape index (κ3) is 3.48. The van der Waals surface area contributed by atoms with E-state index in [1.165, 1.54) is 0 Å². The normalized spacial score (nSPS) is 16.8. The Morgan fingerprint density at radius 1 is 1.32 bits per heavy atom. The van der Waals surface area contributed by atoms with E-state index < -0.39 is 5.97 Å². The quantitative estimate of drug-likeness (QED) is 0.936. The number of hydrogen-bond donors (Lipinski definition) is 1. The number of carboxylic acids is 1. The molecule has 1 aliphatic rings. The summed E-state index contributed by atoms with van der Waals surface area (Å²) in [5.74, 6) is -0.112. The third-order valence-corrected chi connectivity index (χ3v) is 4.27. The van der Waals surface area contributed by atoms with E-state index >= 15 is 0 Å². The molecule has 1 aromatic heterocycles. The number of aliphatic carboxylic acids is 1. The maximum atomic E-state index is 10.9. The van der Waals surface area contributed by atoms with Crippen molar-refractivity contribution in [1.82, 2.24) is 10.1 Å². The van der Waals surface area contributed by atoms with Gasteiger partial charge in [0.15, 0.2) is 5.76 Å². The van der Waals surface area contributed by atoms with Crippen molar-refractivity contribution in [3.8, 4) is 11.3 Å². The molecular formula is C16H17ClN2O3. The van der Waals surface area contributed by atoms with Gasteiger partial charge in [-0.3, -0.25) is 9.69 Å². The van der Waals surface area contributed by atoms with Crippen molar-refractivity contribution in [2.75, 3.05) is 13.1 Å². The van der Waals surface area contributed by atoms with Gasteiger partial charge in [-0.2, -0.15) is 0 Å². The molecule has 6 heteroatoms. The van der Waals surface area contributed by atoms with Gasteiger partial charge in [-0.15, -0.1) is 0 Å². The van der Waals surface area contributed by atoms with E-state index in [4.69, 9.17) is 21.2 Å². The first-order valence-corrected chi connectivity index (χ1v) is 7.66. The van der Waals surface area contributed by atoms with Gasteiger partial charge in [0.25, 0.3) is 0 Å². The maximum Gasteiger partial charge on any atom is 0.306 e. The summed E-state index contributed by atoms with van der Waals surface area (Å²) in [6.07, 6.45) is 1.38. The summed E-state index contributed by atoms with van der Waals surface area (Å²) in [6, 6.07) is 9.38. The first-order chi connectivity index (χ1) is 10.6. The second-order valence-electron chi connectivity index (χ2n) is 5.57. The molecule has 22 heavy (non-hydrogen) atoms. The molecule has 0 unspecified atom stereocenters. The van der Waals surface area contributed by atoms with Gasteiger partial charge < -0.3 is 9.63 Å². The molecule has 0 saturated carbocycles. The molecule has 0 spiro atoms. The first-order valence-electron chi connectivity index (χ1n) is 7.28. The van der Waals surface area contributed by atoms with Gasteiger partial charge in [0.2, 0.25) is 0 Å². The zero-order valence-electron chi connectivity index (χ0n) is 12.0. The summed E-state index contributed by atoms with van der Waals surface area (Å²) in [6.45, 7) is 2.20. The summed E-state index contributed by atoms with van der Waals surface area (Å²) in [5.41, 5.74) is 1.75. The summed E-state index contributed by atoms with van der Waals surface area (Å²) in [7, 11) is 0. The number of likely N-dealkylation sites (tertiary alicyclic amines) is 1. The molecule has 1 saturated heterocycles. The highest BCUT2D eigenvalue weighted by atomic mass is 35.5. The summed E-state index contributed by atoms with van der Waals surface area (Å²) < 4.78 is 5.39. The average molecular weight is 321 g/mol. The van der Waals surface area contributed by atoms with Gasteiger partial charge in [-0.1, -0.05) is 28.9 Å². The van der Waals surface area contributed by atoms with Gasteiger partial charge >= 0.3 is 5.97 Å². The third-order valence-electron chi connectivity index (χ3n) is 4.02. The van der Waals surface area contributed by atoms with Gasteiger partial charge in [-0.05, 0) is 38.1 Å². The molecule has 1 N–H and O–H groups in total. The van der Waals surface area contributed by atoms with Gasteiger partial charge in [0.05, 0.1) is 12.5 Å². The summed E-state index contributed by atoms with van der Waals surface area (Å²) in [4.78, 5) is 13.1. The van der Waals surface area contributed by atoms with E-state index in [2.05, 4.69) is 10.1 Å². The van der Waals surface area contributed by atoms with E-state index in [-0.39, 0.29) is 5.92 Å². The van der Waals surface area contributed by atoms with Crippen LogP contribution in [0.15, 0.2) is 34.9 Å². The lowest BCUT2D eigenvalue weighted by atomic mass is 9.97. The Balaban J connectivity index is 1.60. The minimum Gasteiger partial charge on any atom is -0.481 e. The Kier molecular flexibility index (Phi) is 4.45. The number of benzene rings is 1. The Bertz CT molecular complexity index is 646. The Morgan fingerprint density at radius 3 is 2.64 bits per heavy atom. The number of hydrogen-bond acceptors (Lipinski definition) is 4. The number of aromatic nitrogens is 1. The highest BCUT2D eigenvalue weighted by Crippen LogP contribution is 2.23. The van der Waals surface area contributed by atoms with Crippen LogP contribution >= 0.6 is 11.6 Å². The molecule has 0 bridgehead atoms. The molecule has 3 rings (SSSR count). The van der Waals surface area contributed by atoms with Crippen LogP contribution in [0.1, 0.15) is 18.6 Å². The minimum absolute atomic E-state index is 0.212. The second kappa shape index (κ2) is 6.50. The number of nitrogens with zero attached hydrogens (tertiary/aromatic N) is 2. The van der Waals surface area contributed by atoms with Crippen LogP contribution in [0.25, 0.3) is 11.3 Å². The van der Waals surface area contributed by atoms with Crippen LogP contribution < -0.4 is 0 Å². The lowest BCUT2D eigenvalue weighted by Crippen LogP contribution is -2.35.